The van der Waals surface area contributed by atoms with E-state index in [1.165, 1.54) is 0 Å². The van der Waals surface area contributed by atoms with Crippen LogP contribution in [0.4, 0.5) is 0 Å². The number of nitrogens with zero attached hydrogens (tertiary/aromatic N) is 1. The Bertz CT molecular complexity index is 1290. The van der Waals surface area contributed by atoms with Gasteiger partial charge in [0.25, 0.3) is 5.56 Å². The molecule has 3 unspecified atom stereocenters. The van der Waals surface area contributed by atoms with Crippen LogP contribution in [0.1, 0.15) is 31.6 Å². The molecule has 23 heteroatoms. The van der Waals surface area contributed by atoms with Gasteiger partial charge in [-0.3, -0.25) is 27.9 Å². The predicted molar refractivity (Wildman–Crippen MR) is 113 cm³/mol. The third-order valence-electron chi connectivity index (χ3n) is 4.73. The van der Waals surface area contributed by atoms with Crippen molar-refractivity contribution in [1.29, 1.82) is 0 Å². The second kappa shape index (κ2) is 10.7. The number of fused-ring (bicyclic) bond motifs is 1. The van der Waals surface area contributed by atoms with E-state index in [2.05, 4.69) is 18.1 Å². The second-order valence-electron chi connectivity index (χ2n) is 7.48. The molecule has 3 heterocycles. The topological polar surface area (TPSA) is 280 Å². The monoisotopic (exact) mass is 602 g/mol. The molecule has 2 aliphatic rings. The number of phosphoric acid groups is 4. The SMILES string of the molecule is CCCCc1cn([C@@H]2O[C@H](COP(=O)(O)OP(=O)(O)OP(=O)(O)O)[C@H]3OP(=O)(O)O[C@H]32)c(=O)[nH]c1=O. The van der Waals surface area contributed by atoms with Gasteiger partial charge in [-0.2, -0.15) is 8.62 Å². The molecule has 36 heavy (non-hydrogen) atoms. The van der Waals surface area contributed by atoms with Crippen molar-refractivity contribution in [2.75, 3.05) is 6.61 Å². The predicted octanol–water partition coefficient (Wildman–Crippen LogP) is 0.00430. The summed E-state index contributed by atoms with van der Waals surface area (Å²) >= 11 is 0. The molecular formula is C13H22N2O17P4. The Hall–Kier alpha value is -0.840. The van der Waals surface area contributed by atoms with Crippen molar-refractivity contribution in [2.45, 2.75) is 50.7 Å². The van der Waals surface area contributed by atoms with E-state index in [0.717, 1.165) is 17.2 Å². The number of aryl methyl sites for hydroxylation is 1. The number of ether oxygens (including phenoxy) is 1. The quantitative estimate of drug-likeness (QED) is 0.182. The summed E-state index contributed by atoms with van der Waals surface area (Å²) in [6.07, 6.45) is -3.15. The first kappa shape index (κ1) is 29.7. The van der Waals surface area contributed by atoms with Crippen molar-refractivity contribution < 1.29 is 69.7 Å². The highest BCUT2D eigenvalue weighted by atomic mass is 31.3. The lowest BCUT2D eigenvalue weighted by atomic mass is 10.1. The maximum Gasteiger partial charge on any atom is 0.490 e. The van der Waals surface area contributed by atoms with Crippen LogP contribution in [0.15, 0.2) is 15.8 Å². The number of H-pyrrole nitrogens is 1. The van der Waals surface area contributed by atoms with Crippen molar-refractivity contribution in [3.63, 3.8) is 0 Å². The molecular weight excluding hydrogens is 580 g/mol. The molecule has 206 valence electrons. The molecule has 1 aromatic rings. The minimum atomic E-state index is -5.79. The van der Waals surface area contributed by atoms with Crippen molar-refractivity contribution in [2.24, 2.45) is 0 Å². The number of hydrogen-bond acceptors (Lipinski definition) is 12. The summed E-state index contributed by atoms with van der Waals surface area (Å²) in [5.74, 6) is 0. The molecule has 0 spiro atoms. The van der Waals surface area contributed by atoms with E-state index in [9.17, 15) is 42.5 Å². The third-order valence-corrected chi connectivity index (χ3v) is 9.55. The summed E-state index contributed by atoms with van der Waals surface area (Å²) in [4.78, 5) is 72.3. The first-order valence-corrected chi connectivity index (χ1v) is 15.9. The van der Waals surface area contributed by atoms with Gasteiger partial charge in [0.1, 0.15) is 18.3 Å². The highest BCUT2D eigenvalue weighted by molar-refractivity contribution is 7.66. The van der Waals surface area contributed by atoms with Gasteiger partial charge in [0.05, 0.1) is 6.61 Å². The zero-order valence-electron chi connectivity index (χ0n) is 18.1. The van der Waals surface area contributed by atoms with Gasteiger partial charge >= 0.3 is 37.0 Å². The van der Waals surface area contributed by atoms with Crippen molar-refractivity contribution >= 4 is 31.3 Å². The van der Waals surface area contributed by atoms with E-state index in [1.54, 1.807) is 0 Å². The number of aromatic amines is 1. The van der Waals surface area contributed by atoms with Crippen LogP contribution in [-0.4, -0.2) is 58.9 Å². The van der Waals surface area contributed by atoms with Crippen molar-refractivity contribution in [1.82, 2.24) is 9.55 Å². The minimum Gasteiger partial charge on any atom is -0.346 e. The van der Waals surface area contributed by atoms with E-state index in [-0.39, 0.29) is 12.0 Å². The molecule has 0 aromatic carbocycles. The number of phosphoric ester groups is 2. The average molecular weight is 602 g/mol. The molecule has 0 radical (unpaired) electrons. The summed E-state index contributed by atoms with van der Waals surface area (Å²) in [5, 5.41) is 0. The van der Waals surface area contributed by atoms with Crippen LogP contribution in [-0.2, 0) is 51.6 Å². The van der Waals surface area contributed by atoms with Crippen LogP contribution in [0.5, 0.6) is 0 Å². The third kappa shape index (κ3) is 7.60. The van der Waals surface area contributed by atoms with Crippen LogP contribution in [0.25, 0.3) is 0 Å². The number of aromatic nitrogens is 2. The Morgan fingerprint density at radius 2 is 1.72 bits per heavy atom. The zero-order valence-corrected chi connectivity index (χ0v) is 21.7. The molecule has 3 rings (SSSR count). The van der Waals surface area contributed by atoms with Crippen LogP contribution < -0.4 is 11.2 Å². The number of hydrogen-bond donors (Lipinski definition) is 6. The van der Waals surface area contributed by atoms with Gasteiger partial charge in [0.2, 0.25) is 0 Å². The van der Waals surface area contributed by atoms with Crippen molar-refractivity contribution in [3.8, 4) is 0 Å². The standard InChI is InChI=1S/C13H22N2O17P4/c1-2-3-4-7-5-15(13(17)14-11(7)16)12-10-9(29-35(23,24)30-10)8(28-12)6-27-34(21,22)32-36(25,26)31-33(18,19)20/h5,8-10,12H,2-4,6H2,1H3,(H,21,22)(H,23,24)(H,25,26)(H,14,16,17)(H2,18,19,20)/t8-,9-,10-,12-/m1/s1. The number of unbranched alkanes of at least 4 members (excludes halogenated alkanes) is 1. The zero-order chi connectivity index (χ0) is 27.1. The molecule has 2 fully saturated rings. The lowest BCUT2D eigenvalue weighted by Gasteiger charge is -2.21. The van der Waals surface area contributed by atoms with Gasteiger partial charge in [-0.05, 0) is 12.8 Å². The van der Waals surface area contributed by atoms with Crippen LogP contribution in [0.3, 0.4) is 0 Å². The lowest BCUT2D eigenvalue weighted by Crippen LogP contribution is -2.38. The number of rotatable bonds is 11. The Labute approximate surface area is 201 Å². The second-order valence-corrected chi connectivity index (χ2v) is 13.3. The summed E-state index contributed by atoms with van der Waals surface area (Å²) in [6.45, 7) is 0.838. The van der Waals surface area contributed by atoms with E-state index in [1.807, 2.05) is 6.92 Å². The summed E-state index contributed by atoms with van der Waals surface area (Å²) in [7, 11) is -21.6. The maximum absolute atomic E-state index is 12.4. The van der Waals surface area contributed by atoms with Gasteiger partial charge in [0, 0.05) is 11.8 Å². The van der Waals surface area contributed by atoms with Gasteiger partial charge in [-0.15, -0.1) is 0 Å². The molecule has 2 saturated heterocycles. The van der Waals surface area contributed by atoms with E-state index in [4.69, 9.17) is 23.6 Å². The Morgan fingerprint density at radius 1 is 1.08 bits per heavy atom. The smallest absolute Gasteiger partial charge is 0.346 e. The van der Waals surface area contributed by atoms with Gasteiger partial charge < -0.3 is 29.2 Å². The first-order valence-electron chi connectivity index (χ1n) is 9.90. The molecule has 0 amide bonds. The van der Waals surface area contributed by atoms with Crippen LogP contribution >= 0.6 is 31.3 Å². The van der Waals surface area contributed by atoms with Gasteiger partial charge in [0.15, 0.2) is 6.23 Å². The fourth-order valence-corrected chi connectivity index (χ4v) is 7.55. The molecule has 19 nitrogen and oxygen atoms in total. The Kier molecular flexibility index (Phi) is 8.86. The van der Waals surface area contributed by atoms with E-state index >= 15 is 0 Å². The largest absolute Gasteiger partial charge is 0.490 e. The maximum atomic E-state index is 12.4. The van der Waals surface area contributed by atoms with E-state index < -0.39 is 73.7 Å². The molecule has 7 atom stereocenters. The van der Waals surface area contributed by atoms with Gasteiger partial charge in [-0.1, -0.05) is 13.3 Å². The molecule has 2 aliphatic heterocycles. The Morgan fingerprint density at radius 3 is 2.33 bits per heavy atom. The summed E-state index contributed by atoms with van der Waals surface area (Å²) in [5.41, 5.74) is -1.43. The molecule has 0 bridgehead atoms. The first-order chi connectivity index (χ1) is 16.4. The van der Waals surface area contributed by atoms with E-state index in [0.29, 0.717) is 6.42 Å². The number of nitrogens with one attached hydrogen (secondary N) is 1. The summed E-state index contributed by atoms with van der Waals surface area (Å²) < 4.78 is 74.1. The fraction of sp³-hybridized carbons (Fsp3) is 0.692. The fourth-order valence-electron chi connectivity index (χ4n) is 3.37. The highest BCUT2D eigenvalue weighted by Gasteiger charge is 2.58. The minimum absolute atomic E-state index is 0.194. The molecule has 0 saturated carbocycles. The van der Waals surface area contributed by atoms with Gasteiger partial charge in [-0.25, -0.2) is 23.1 Å². The Balaban J connectivity index is 1.81. The lowest BCUT2D eigenvalue weighted by molar-refractivity contribution is -0.0616. The molecule has 1 aromatic heterocycles. The molecule has 6 N–H and O–H groups in total. The highest BCUT2D eigenvalue weighted by Crippen LogP contribution is 2.66. The van der Waals surface area contributed by atoms with Crippen LogP contribution in [0, 0.1) is 0 Å². The molecule has 0 aliphatic carbocycles. The average Bonchev–Trinajstić information content (AvgIpc) is 3.16. The summed E-state index contributed by atoms with van der Waals surface area (Å²) in [6, 6.07) is 0. The van der Waals surface area contributed by atoms with Crippen molar-refractivity contribution in [3.05, 3.63) is 32.6 Å². The normalized spacial score (nSPS) is 31.6. The van der Waals surface area contributed by atoms with Crippen LogP contribution in [0.2, 0.25) is 0 Å².